The van der Waals surface area contributed by atoms with Gasteiger partial charge in [0, 0.05) is 30.3 Å². The van der Waals surface area contributed by atoms with Crippen LogP contribution in [-0.2, 0) is 6.42 Å². The molecule has 0 radical (unpaired) electrons. The molecule has 0 spiro atoms. The van der Waals surface area contributed by atoms with Crippen molar-refractivity contribution in [1.29, 1.82) is 0 Å². The van der Waals surface area contributed by atoms with Crippen LogP contribution in [0.15, 0.2) is 22.7 Å². The number of rotatable bonds is 4. The third kappa shape index (κ3) is 3.50. The maximum Gasteiger partial charge on any atom is 0.0405 e. The normalized spacial score (nSPS) is 12.6. The monoisotopic (exact) mass is 270 g/mol. The van der Waals surface area contributed by atoms with Crippen molar-refractivity contribution in [2.75, 3.05) is 19.0 Å². The zero-order valence-corrected chi connectivity index (χ0v) is 11.2. The van der Waals surface area contributed by atoms with Crippen molar-refractivity contribution in [2.45, 2.75) is 25.8 Å². The van der Waals surface area contributed by atoms with Gasteiger partial charge in [-0.2, -0.15) is 0 Å². The molecule has 0 aliphatic carbocycles. The summed E-state index contributed by atoms with van der Waals surface area (Å²) in [6.07, 6.45) is 1.96. The molecule has 0 aromatic heterocycles. The average Bonchev–Trinajstić information content (AvgIpc) is 2.20. The topological polar surface area (TPSA) is 29.3 Å². The van der Waals surface area contributed by atoms with E-state index >= 15 is 0 Å². The van der Waals surface area contributed by atoms with Gasteiger partial charge in [-0.3, -0.25) is 0 Å². The first-order chi connectivity index (χ1) is 7.04. The lowest BCUT2D eigenvalue weighted by Crippen LogP contribution is -2.23. The van der Waals surface area contributed by atoms with Crippen LogP contribution in [0.3, 0.4) is 0 Å². The minimum atomic E-state index is 0.255. The van der Waals surface area contributed by atoms with Crippen molar-refractivity contribution in [1.82, 2.24) is 0 Å². The predicted molar refractivity (Wildman–Crippen MR) is 70.4 cm³/mol. The molecule has 0 aliphatic rings. The van der Waals surface area contributed by atoms with E-state index in [1.165, 1.54) is 11.3 Å². The molecule has 0 bridgehead atoms. The minimum Gasteiger partial charge on any atom is -0.377 e. The highest BCUT2D eigenvalue weighted by molar-refractivity contribution is 9.10. The second-order valence-electron chi connectivity index (χ2n) is 4.04. The highest BCUT2D eigenvalue weighted by atomic mass is 79.9. The van der Waals surface area contributed by atoms with Gasteiger partial charge in [-0.25, -0.2) is 0 Å². The Morgan fingerprint density at radius 2 is 2.07 bits per heavy atom. The van der Waals surface area contributed by atoms with Crippen LogP contribution in [-0.4, -0.2) is 20.1 Å². The third-order valence-electron chi connectivity index (χ3n) is 2.54. The van der Waals surface area contributed by atoms with Gasteiger partial charge in [0.05, 0.1) is 0 Å². The summed E-state index contributed by atoms with van der Waals surface area (Å²) in [6, 6.07) is 6.61. The van der Waals surface area contributed by atoms with Gasteiger partial charge in [0.25, 0.3) is 0 Å². The van der Waals surface area contributed by atoms with Crippen molar-refractivity contribution in [3.8, 4) is 0 Å². The molecule has 1 aromatic rings. The molecule has 1 rings (SSSR count). The van der Waals surface area contributed by atoms with Gasteiger partial charge in [-0.05, 0) is 30.5 Å². The Bertz CT molecular complexity index is 323. The summed E-state index contributed by atoms with van der Waals surface area (Å²) in [6.45, 7) is 2.12. The number of hydrogen-bond acceptors (Lipinski definition) is 2. The smallest absolute Gasteiger partial charge is 0.0405 e. The van der Waals surface area contributed by atoms with E-state index in [1.54, 1.807) is 0 Å². The van der Waals surface area contributed by atoms with Crippen molar-refractivity contribution >= 4 is 21.6 Å². The molecular weight excluding hydrogens is 252 g/mol. The first-order valence-corrected chi connectivity index (χ1v) is 6.05. The van der Waals surface area contributed by atoms with Gasteiger partial charge in [-0.1, -0.05) is 28.9 Å². The zero-order valence-electron chi connectivity index (χ0n) is 9.63. The Morgan fingerprint density at radius 1 is 1.40 bits per heavy atom. The van der Waals surface area contributed by atoms with Crippen LogP contribution in [0.4, 0.5) is 5.69 Å². The summed E-state index contributed by atoms with van der Waals surface area (Å²) >= 11 is 3.49. The number of anilines is 1. The summed E-state index contributed by atoms with van der Waals surface area (Å²) in [4.78, 5) is 2.13. The van der Waals surface area contributed by atoms with Crippen LogP contribution in [0.25, 0.3) is 0 Å². The van der Waals surface area contributed by atoms with E-state index < -0.39 is 0 Å². The largest absolute Gasteiger partial charge is 0.377 e. The number of hydrogen-bond donors (Lipinski definition) is 1. The molecule has 84 valence electrons. The minimum absolute atomic E-state index is 0.255. The van der Waals surface area contributed by atoms with Crippen LogP contribution in [0.5, 0.6) is 0 Å². The molecule has 0 saturated carbocycles. The van der Waals surface area contributed by atoms with Crippen molar-refractivity contribution in [2.24, 2.45) is 5.73 Å². The average molecular weight is 271 g/mol. The number of benzene rings is 1. The molecule has 1 unspecified atom stereocenters. The highest BCUT2D eigenvalue weighted by Crippen LogP contribution is 2.24. The summed E-state index contributed by atoms with van der Waals surface area (Å²) in [5.41, 5.74) is 8.54. The summed E-state index contributed by atoms with van der Waals surface area (Å²) in [7, 11) is 4.12. The van der Waals surface area contributed by atoms with E-state index in [0.29, 0.717) is 0 Å². The predicted octanol–water partition coefficient (Wildman–Crippen LogP) is 2.79. The molecule has 0 saturated heterocycles. The Hall–Kier alpha value is -0.540. The molecule has 0 heterocycles. The summed E-state index contributed by atoms with van der Waals surface area (Å²) in [5, 5.41) is 0. The van der Waals surface area contributed by atoms with E-state index in [0.717, 1.165) is 17.3 Å². The number of nitrogens with two attached hydrogens (primary N) is 1. The summed E-state index contributed by atoms with van der Waals surface area (Å²) in [5.74, 6) is 0. The SMILES string of the molecule is CCC(N)Cc1ccc(Br)cc1N(C)C. The molecule has 15 heavy (non-hydrogen) atoms. The van der Waals surface area contributed by atoms with E-state index in [1.807, 2.05) is 0 Å². The third-order valence-corrected chi connectivity index (χ3v) is 3.03. The second kappa shape index (κ2) is 5.52. The van der Waals surface area contributed by atoms with Gasteiger partial charge in [-0.15, -0.1) is 0 Å². The highest BCUT2D eigenvalue weighted by Gasteiger charge is 2.08. The Labute approximate surface area is 101 Å². The molecular formula is C12H19BrN2. The van der Waals surface area contributed by atoms with Crippen LogP contribution in [0.1, 0.15) is 18.9 Å². The lowest BCUT2D eigenvalue weighted by Gasteiger charge is -2.19. The van der Waals surface area contributed by atoms with Gasteiger partial charge in [0.1, 0.15) is 0 Å². The van der Waals surface area contributed by atoms with E-state index in [2.05, 4.69) is 60.0 Å². The van der Waals surface area contributed by atoms with Crippen molar-refractivity contribution in [3.05, 3.63) is 28.2 Å². The van der Waals surface area contributed by atoms with Gasteiger partial charge >= 0.3 is 0 Å². The first kappa shape index (κ1) is 12.5. The fourth-order valence-corrected chi connectivity index (χ4v) is 1.90. The molecule has 0 aliphatic heterocycles. The van der Waals surface area contributed by atoms with Crippen LogP contribution in [0.2, 0.25) is 0 Å². The van der Waals surface area contributed by atoms with E-state index in [9.17, 15) is 0 Å². The van der Waals surface area contributed by atoms with E-state index in [4.69, 9.17) is 5.73 Å². The lowest BCUT2D eigenvalue weighted by molar-refractivity contribution is 0.646. The Kier molecular flexibility index (Phi) is 4.61. The fourth-order valence-electron chi connectivity index (χ4n) is 1.55. The molecule has 1 atom stereocenters. The number of halogens is 1. The molecule has 3 heteroatoms. The second-order valence-corrected chi connectivity index (χ2v) is 4.96. The van der Waals surface area contributed by atoms with Gasteiger partial charge < -0.3 is 10.6 Å². The lowest BCUT2D eigenvalue weighted by atomic mass is 10.0. The van der Waals surface area contributed by atoms with Crippen LogP contribution in [0, 0.1) is 0 Å². The van der Waals surface area contributed by atoms with Crippen molar-refractivity contribution in [3.63, 3.8) is 0 Å². The van der Waals surface area contributed by atoms with Gasteiger partial charge in [0.15, 0.2) is 0 Å². The Morgan fingerprint density at radius 3 is 2.60 bits per heavy atom. The molecule has 0 fully saturated rings. The van der Waals surface area contributed by atoms with Crippen molar-refractivity contribution < 1.29 is 0 Å². The zero-order chi connectivity index (χ0) is 11.4. The van der Waals surface area contributed by atoms with E-state index in [-0.39, 0.29) is 6.04 Å². The first-order valence-electron chi connectivity index (χ1n) is 5.26. The molecule has 2 nitrogen and oxygen atoms in total. The quantitative estimate of drug-likeness (QED) is 0.912. The summed E-state index contributed by atoms with van der Waals surface area (Å²) < 4.78 is 1.11. The molecule has 0 amide bonds. The Balaban J connectivity index is 2.95. The van der Waals surface area contributed by atoms with Crippen LogP contribution < -0.4 is 10.6 Å². The standard InChI is InChI=1S/C12H19BrN2/c1-4-11(14)7-9-5-6-10(13)8-12(9)15(2)3/h5-6,8,11H,4,7,14H2,1-3H3. The van der Waals surface area contributed by atoms with Crippen LogP contribution >= 0.6 is 15.9 Å². The fraction of sp³-hybridized carbons (Fsp3) is 0.500. The molecule has 1 aromatic carbocycles. The maximum atomic E-state index is 5.98. The molecule has 2 N–H and O–H groups in total. The van der Waals surface area contributed by atoms with Gasteiger partial charge in [0.2, 0.25) is 0 Å². The maximum absolute atomic E-state index is 5.98. The number of nitrogens with zero attached hydrogens (tertiary/aromatic N) is 1.